The van der Waals surface area contributed by atoms with Gasteiger partial charge < -0.3 is 9.84 Å². The molecule has 0 amide bonds. The van der Waals surface area contributed by atoms with Crippen LogP contribution in [0.4, 0.5) is 0 Å². The van der Waals surface area contributed by atoms with E-state index in [-0.39, 0.29) is 5.92 Å². The maximum atomic E-state index is 10.6. The molecule has 0 radical (unpaired) electrons. The lowest BCUT2D eigenvalue weighted by Crippen LogP contribution is -2.05. The lowest BCUT2D eigenvalue weighted by atomic mass is 9.98. The number of rotatable bonds is 6. The molecule has 0 spiro atoms. The minimum atomic E-state index is -0.434. The summed E-state index contributed by atoms with van der Waals surface area (Å²) < 4.78 is 5.66. The Morgan fingerprint density at radius 1 is 1.05 bits per heavy atom. The lowest BCUT2D eigenvalue weighted by molar-refractivity contribution is 0.112. The topological polar surface area (TPSA) is 46.5 Å². The standard InChI is InChI=1S/C18H20O3/c1-13(2)18(20)16-7-3-15(4-8-16)12-21-17-9-5-14(11-19)6-10-17/h3-11,13,18,20H,12H2,1-2H3. The highest BCUT2D eigenvalue weighted by molar-refractivity contribution is 5.74. The monoisotopic (exact) mass is 284 g/mol. The fourth-order valence-corrected chi connectivity index (χ4v) is 2.01. The molecule has 1 atom stereocenters. The van der Waals surface area contributed by atoms with Crippen LogP contribution in [0.2, 0.25) is 0 Å². The van der Waals surface area contributed by atoms with E-state index in [2.05, 4.69) is 0 Å². The number of carbonyl (C=O) groups is 1. The van der Waals surface area contributed by atoms with Crippen molar-refractivity contribution >= 4 is 6.29 Å². The van der Waals surface area contributed by atoms with Crippen molar-refractivity contribution in [2.24, 2.45) is 5.92 Å². The van der Waals surface area contributed by atoms with Crippen LogP contribution in [0.1, 0.15) is 41.4 Å². The number of ether oxygens (including phenoxy) is 1. The molecule has 2 aromatic carbocycles. The van der Waals surface area contributed by atoms with Crippen molar-refractivity contribution in [3.63, 3.8) is 0 Å². The highest BCUT2D eigenvalue weighted by atomic mass is 16.5. The van der Waals surface area contributed by atoms with Crippen molar-refractivity contribution in [2.75, 3.05) is 0 Å². The Bertz CT molecular complexity index is 570. The number of aliphatic hydroxyl groups is 1. The first kappa shape index (κ1) is 15.3. The Kier molecular flexibility index (Phi) is 5.12. The van der Waals surface area contributed by atoms with Crippen molar-refractivity contribution in [2.45, 2.75) is 26.6 Å². The van der Waals surface area contributed by atoms with Gasteiger partial charge in [-0.25, -0.2) is 0 Å². The summed E-state index contributed by atoms with van der Waals surface area (Å²) in [5.41, 5.74) is 2.59. The molecule has 0 aliphatic rings. The maximum absolute atomic E-state index is 10.6. The molecule has 0 bridgehead atoms. The Hall–Kier alpha value is -2.13. The average Bonchev–Trinajstić information content (AvgIpc) is 2.53. The van der Waals surface area contributed by atoms with E-state index < -0.39 is 6.10 Å². The van der Waals surface area contributed by atoms with Crippen LogP contribution in [-0.4, -0.2) is 11.4 Å². The van der Waals surface area contributed by atoms with Gasteiger partial charge in [0.2, 0.25) is 0 Å². The van der Waals surface area contributed by atoms with Crippen LogP contribution in [-0.2, 0) is 6.61 Å². The molecule has 21 heavy (non-hydrogen) atoms. The van der Waals surface area contributed by atoms with Gasteiger partial charge >= 0.3 is 0 Å². The fourth-order valence-electron chi connectivity index (χ4n) is 2.01. The summed E-state index contributed by atoms with van der Waals surface area (Å²) in [5.74, 6) is 0.926. The van der Waals surface area contributed by atoms with Crippen LogP contribution in [0.15, 0.2) is 48.5 Å². The molecule has 0 fully saturated rings. The van der Waals surface area contributed by atoms with Gasteiger partial charge in [0.15, 0.2) is 0 Å². The van der Waals surface area contributed by atoms with Gasteiger partial charge in [0.1, 0.15) is 18.6 Å². The van der Waals surface area contributed by atoms with E-state index in [4.69, 9.17) is 4.74 Å². The van der Waals surface area contributed by atoms with Crippen LogP contribution in [0.3, 0.4) is 0 Å². The molecule has 1 N–H and O–H groups in total. The second kappa shape index (κ2) is 7.04. The van der Waals surface area contributed by atoms with Gasteiger partial charge in [-0.05, 0) is 41.3 Å². The van der Waals surface area contributed by atoms with E-state index in [0.717, 1.165) is 23.2 Å². The van der Waals surface area contributed by atoms with Crippen molar-refractivity contribution in [1.82, 2.24) is 0 Å². The predicted octanol–water partition coefficient (Wildman–Crippen LogP) is 3.77. The zero-order chi connectivity index (χ0) is 15.2. The number of aldehydes is 1. The van der Waals surface area contributed by atoms with Gasteiger partial charge in [0.05, 0.1) is 6.10 Å². The van der Waals surface area contributed by atoms with E-state index >= 15 is 0 Å². The van der Waals surface area contributed by atoms with Crippen molar-refractivity contribution in [3.05, 3.63) is 65.2 Å². The molecule has 0 aliphatic heterocycles. The van der Waals surface area contributed by atoms with E-state index in [1.54, 1.807) is 24.3 Å². The molecular formula is C18H20O3. The van der Waals surface area contributed by atoms with E-state index in [9.17, 15) is 9.90 Å². The predicted molar refractivity (Wildman–Crippen MR) is 82.4 cm³/mol. The molecule has 2 aromatic rings. The van der Waals surface area contributed by atoms with Crippen LogP contribution in [0.5, 0.6) is 5.75 Å². The summed E-state index contributed by atoms with van der Waals surface area (Å²) in [7, 11) is 0. The summed E-state index contributed by atoms with van der Waals surface area (Å²) in [4.78, 5) is 10.6. The average molecular weight is 284 g/mol. The van der Waals surface area contributed by atoms with Crippen molar-refractivity contribution in [1.29, 1.82) is 0 Å². The Morgan fingerprint density at radius 2 is 1.67 bits per heavy atom. The van der Waals surface area contributed by atoms with Gasteiger partial charge in [-0.2, -0.15) is 0 Å². The zero-order valence-corrected chi connectivity index (χ0v) is 12.3. The number of hydrogen-bond donors (Lipinski definition) is 1. The number of carbonyl (C=O) groups excluding carboxylic acids is 1. The summed E-state index contributed by atoms with van der Waals surface area (Å²) >= 11 is 0. The smallest absolute Gasteiger partial charge is 0.150 e. The first-order chi connectivity index (χ1) is 10.1. The normalized spacial score (nSPS) is 12.2. The molecule has 3 nitrogen and oxygen atoms in total. The summed E-state index contributed by atoms with van der Waals surface area (Å²) in [6, 6.07) is 14.8. The summed E-state index contributed by atoms with van der Waals surface area (Å²) in [6.07, 6.45) is 0.374. The van der Waals surface area contributed by atoms with Gasteiger partial charge in [0, 0.05) is 5.56 Å². The molecule has 0 heterocycles. The SMILES string of the molecule is CC(C)C(O)c1ccc(COc2ccc(C=O)cc2)cc1. The zero-order valence-electron chi connectivity index (χ0n) is 12.3. The van der Waals surface area contributed by atoms with Crippen LogP contribution in [0.25, 0.3) is 0 Å². The first-order valence-electron chi connectivity index (χ1n) is 7.05. The Labute approximate surface area is 125 Å². The molecular weight excluding hydrogens is 264 g/mol. The van der Waals surface area contributed by atoms with Gasteiger partial charge in [-0.1, -0.05) is 38.1 Å². The third kappa shape index (κ3) is 4.17. The third-order valence-corrected chi connectivity index (χ3v) is 3.37. The molecule has 0 saturated heterocycles. The van der Waals surface area contributed by atoms with Crippen molar-refractivity contribution in [3.8, 4) is 5.75 Å². The highest BCUT2D eigenvalue weighted by Crippen LogP contribution is 2.22. The maximum Gasteiger partial charge on any atom is 0.150 e. The van der Waals surface area contributed by atoms with Crippen LogP contribution in [0, 0.1) is 5.92 Å². The first-order valence-corrected chi connectivity index (χ1v) is 7.05. The second-order valence-electron chi connectivity index (χ2n) is 5.41. The van der Waals surface area contributed by atoms with Crippen LogP contribution < -0.4 is 4.74 Å². The number of benzene rings is 2. The lowest BCUT2D eigenvalue weighted by Gasteiger charge is -2.15. The Balaban J connectivity index is 1.95. The van der Waals surface area contributed by atoms with E-state index in [0.29, 0.717) is 12.2 Å². The third-order valence-electron chi connectivity index (χ3n) is 3.37. The fraction of sp³-hybridized carbons (Fsp3) is 0.278. The second-order valence-corrected chi connectivity index (χ2v) is 5.41. The van der Waals surface area contributed by atoms with Crippen molar-refractivity contribution < 1.29 is 14.6 Å². The molecule has 2 rings (SSSR count). The van der Waals surface area contributed by atoms with Gasteiger partial charge in [-0.3, -0.25) is 4.79 Å². The summed E-state index contributed by atoms with van der Waals surface area (Å²) in [6.45, 7) is 4.44. The number of hydrogen-bond acceptors (Lipinski definition) is 3. The minimum Gasteiger partial charge on any atom is -0.489 e. The molecule has 1 unspecified atom stereocenters. The molecule has 0 aromatic heterocycles. The molecule has 0 aliphatic carbocycles. The highest BCUT2D eigenvalue weighted by Gasteiger charge is 2.11. The van der Waals surface area contributed by atoms with Gasteiger partial charge in [-0.15, -0.1) is 0 Å². The Morgan fingerprint density at radius 3 is 2.19 bits per heavy atom. The van der Waals surface area contributed by atoms with E-state index in [1.807, 2.05) is 38.1 Å². The molecule has 110 valence electrons. The quantitative estimate of drug-likeness (QED) is 0.821. The summed E-state index contributed by atoms with van der Waals surface area (Å²) in [5, 5.41) is 9.99. The minimum absolute atomic E-state index is 0.198. The molecule has 3 heteroatoms. The van der Waals surface area contributed by atoms with Gasteiger partial charge in [0.25, 0.3) is 0 Å². The van der Waals surface area contributed by atoms with Crippen LogP contribution >= 0.6 is 0 Å². The molecule has 0 saturated carbocycles. The van der Waals surface area contributed by atoms with E-state index in [1.165, 1.54) is 0 Å². The number of aliphatic hydroxyl groups excluding tert-OH is 1. The largest absolute Gasteiger partial charge is 0.489 e.